The van der Waals surface area contributed by atoms with Crippen LogP contribution in [0.5, 0.6) is 0 Å². The Kier molecular flexibility index (Phi) is 9.84. The van der Waals surface area contributed by atoms with Crippen molar-refractivity contribution in [3.8, 4) is 0 Å². The summed E-state index contributed by atoms with van der Waals surface area (Å²) >= 11 is 0. The molecule has 4 aliphatic carbocycles. The Bertz CT molecular complexity index is 1400. The molecule has 0 radical (unpaired) electrons. The third-order valence-electron chi connectivity index (χ3n) is 15.9. The van der Waals surface area contributed by atoms with Gasteiger partial charge in [-0.1, -0.05) is 32.4 Å². The van der Waals surface area contributed by atoms with Gasteiger partial charge < -0.3 is 69.3 Å². The maximum absolute atomic E-state index is 12.7. The van der Waals surface area contributed by atoms with Gasteiger partial charge in [0.25, 0.3) is 0 Å². The molecule has 3 saturated carbocycles. The summed E-state index contributed by atoms with van der Waals surface area (Å²) in [7, 11) is 0. The third-order valence-corrected chi connectivity index (χ3v) is 15.9. The minimum atomic E-state index is -1.64. The molecule has 0 aromatic rings. The van der Waals surface area contributed by atoms with Crippen molar-refractivity contribution >= 4 is 0 Å². The lowest BCUT2D eigenvalue weighted by Gasteiger charge is -2.60. The molecule has 1 spiro atoms. The lowest BCUT2D eigenvalue weighted by atomic mass is 9.46. The second kappa shape index (κ2) is 13.4. The van der Waals surface area contributed by atoms with Crippen LogP contribution >= 0.6 is 0 Å². The van der Waals surface area contributed by atoms with Crippen LogP contribution in [0, 0.1) is 34.5 Å². The number of aliphatic hydroxyl groups excluding tert-OH is 6. The Labute approximate surface area is 311 Å². The number of aliphatic hydroxyl groups is 8. The van der Waals surface area contributed by atoms with E-state index in [1.54, 1.807) is 6.92 Å². The van der Waals surface area contributed by atoms with Crippen LogP contribution in [-0.4, -0.2) is 145 Å². The standard InChI is InChI=1S/C39H62O14/c1-18-27(41)29(43)30(44)33(49-18)52-32-28(42)25(16-40)51-34(31(32)45)50-21-8-10-36(4)20(14-21)6-7-22-23(36)9-11-37(5)24(22)15-26-39(37,47)19(2)38(53-26)13-12-35(3,46)17-48-38/h6,18-19,21-34,40-47H,7-17H2,1-5H3. The monoisotopic (exact) mass is 754 g/mol. The minimum absolute atomic E-state index is 0.0613. The van der Waals surface area contributed by atoms with Gasteiger partial charge in [0.15, 0.2) is 18.4 Å². The van der Waals surface area contributed by atoms with E-state index in [0.29, 0.717) is 37.5 Å². The minimum Gasteiger partial charge on any atom is -0.394 e. The van der Waals surface area contributed by atoms with Crippen LogP contribution < -0.4 is 0 Å². The van der Waals surface area contributed by atoms with Gasteiger partial charge in [-0.15, -0.1) is 0 Å². The Hall–Kier alpha value is -0.820. The normalized spacial score (nSPS) is 59.5. The van der Waals surface area contributed by atoms with Crippen LogP contribution in [0.15, 0.2) is 11.6 Å². The summed E-state index contributed by atoms with van der Waals surface area (Å²) in [5.74, 6) is 0.00821. The van der Waals surface area contributed by atoms with Gasteiger partial charge in [0, 0.05) is 17.8 Å². The molecule has 53 heavy (non-hydrogen) atoms. The van der Waals surface area contributed by atoms with E-state index >= 15 is 0 Å². The highest BCUT2D eigenvalue weighted by atomic mass is 16.7. The second-order valence-electron chi connectivity index (χ2n) is 18.7. The highest BCUT2D eigenvalue weighted by Crippen LogP contribution is 2.72. The third kappa shape index (κ3) is 5.79. The first-order chi connectivity index (χ1) is 24.9. The zero-order valence-corrected chi connectivity index (χ0v) is 31.6. The molecule has 14 heteroatoms. The average molecular weight is 755 g/mol. The molecule has 7 fully saturated rings. The number of hydrogen-bond donors (Lipinski definition) is 8. The van der Waals surface area contributed by atoms with E-state index < -0.39 is 85.0 Å². The van der Waals surface area contributed by atoms with Crippen LogP contribution in [-0.2, 0) is 28.4 Å². The number of hydrogen-bond acceptors (Lipinski definition) is 14. The van der Waals surface area contributed by atoms with Gasteiger partial charge in [-0.3, -0.25) is 0 Å². The van der Waals surface area contributed by atoms with Crippen molar-refractivity contribution in [3.63, 3.8) is 0 Å². The van der Waals surface area contributed by atoms with E-state index in [4.69, 9.17) is 28.4 Å². The van der Waals surface area contributed by atoms with E-state index in [-0.39, 0.29) is 41.5 Å². The van der Waals surface area contributed by atoms with E-state index in [9.17, 15) is 40.9 Å². The molecule has 14 nitrogen and oxygen atoms in total. The first kappa shape index (κ1) is 39.0. The van der Waals surface area contributed by atoms with Gasteiger partial charge in [-0.2, -0.15) is 0 Å². The van der Waals surface area contributed by atoms with Crippen molar-refractivity contribution in [3.05, 3.63) is 11.6 Å². The average Bonchev–Trinajstić information content (AvgIpc) is 3.48. The lowest BCUT2D eigenvalue weighted by Crippen LogP contribution is -2.64. The van der Waals surface area contributed by atoms with E-state index in [2.05, 4.69) is 26.8 Å². The molecule has 0 amide bonds. The molecule has 4 heterocycles. The molecule has 8 N–H and O–H groups in total. The topological polar surface area (TPSA) is 217 Å². The van der Waals surface area contributed by atoms with Crippen LogP contribution in [0.3, 0.4) is 0 Å². The second-order valence-corrected chi connectivity index (χ2v) is 18.7. The summed E-state index contributed by atoms with van der Waals surface area (Å²) < 4.78 is 36.7. The van der Waals surface area contributed by atoms with Crippen LogP contribution in [0.25, 0.3) is 0 Å². The first-order valence-electron chi connectivity index (χ1n) is 20.0. The van der Waals surface area contributed by atoms with Gasteiger partial charge in [-0.05, 0) is 88.4 Å². The number of fused-ring (bicyclic) bond motifs is 7. The van der Waals surface area contributed by atoms with Crippen molar-refractivity contribution in [2.24, 2.45) is 34.5 Å². The van der Waals surface area contributed by atoms with Crippen molar-refractivity contribution in [2.45, 2.75) is 183 Å². The van der Waals surface area contributed by atoms with Crippen LogP contribution in [0.2, 0.25) is 0 Å². The van der Waals surface area contributed by atoms with Crippen molar-refractivity contribution < 1.29 is 69.3 Å². The zero-order valence-electron chi connectivity index (χ0n) is 31.6. The van der Waals surface area contributed by atoms with Gasteiger partial charge >= 0.3 is 0 Å². The highest BCUT2D eigenvalue weighted by Gasteiger charge is 2.76. The molecule has 4 saturated heterocycles. The Morgan fingerprint density at radius 3 is 2.25 bits per heavy atom. The van der Waals surface area contributed by atoms with Crippen LogP contribution in [0.1, 0.15) is 92.4 Å². The number of rotatable bonds is 5. The maximum Gasteiger partial charge on any atom is 0.187 e. The lowest BCUT2D eigenvalue weighted by molar-refractivity contribution is -0.361. The molecule has 8 aliphatic rings. The van der Waals surface area contributed by atoms with E-state index in [1.165, 1.54) is 12.5 Å². The highest BCUT2D eigenvalue weighted by molar-refractivity contribution is 5.29. The van der Waals surface area contributed by atoms with Gasteiger partial charge in [-0.25, -0.2) is 0 Å². The predicted octanol–water partition coefficient (Wildman–Crippen LogP) is 0.620. The van der Waals surface area contributed by atoms with Crippen LogP contribution in [0.4, 0.5) is 0 Å². The molecule has 8 rings (SSSR count). The number of ether oxygens (including phenoxy) is 6. The summed E-state index contributed by atoms with van der Waals surface area (Å²) in [5, 5.41) is 86.5. The van der Waals surface area contributed by atoms with E-state index in [1.807, 2.05) is 0 Å². The smallest absolute Gasteiger partial charge is 0.187 e. The zero-order chi connectivity index (χ0) is 38.0. The summed E-state index contributed by atoms with van der Waals surface area (Å²) in [4.78, 5) is 0. The van der Waals surface area contributed by atoms with Crippen molar-refractivity contribution in [1.82, 2.24) is 0 Å². The summed E-state index contributed by atoms with van der Waals surface area (Å²) in [6.07, 6.45) is -5.07. The molecule has 4 aliphatic heterocycles. The molecule has 21 unspecified atom stereocenters. The molecular formula is C39H62O14. The Morgan fingerprint density at radius 1 is 0.811 bits per heavy atom. The fourth-order valence-corrected chi connectivity index (χ4v) is 12.5. The molecule has 0 aromatic carbocycles. The molecule has 0 bridgehead atoms. The predicted molar refractivity (Wildman–Crippen MR) is 184 cm³/mol. The molecule has 21 atom stereocenters. The van der Waals surface area contributed by atoms with Gasteiger partial charge in [0.05, 0.1) is 37.1 Å². The van der Waals surface area contributed by atoms with E-state index in [0.717, 1.165) is 32.1 Å². The molecular weight excluding hydrogens is 692 g/mol. The van der Waals surface area contributed by atoms with Crippen molar-refractivity contribution in [2.75, 3.05) is 13.2 Å². The fraction of sp³-hybridized carbons (Fsp3) is 0.949. The molecule has 302 valence electrons. The SMILES string of the molecule is CC1OC(OC2C(O)C(CO)OC(OC3CCC4(C)C(=CCC5C4CCC4(C)C5CC5OC6(CCC(C)(O)CO6)C(C)C54O)C3)C2O)C(O)C(O)C1O. The summed E-state index contributed by atoms with van der Waals surface area (Å²) in [6, 6.07) is 0. The number of allylic oxidation sites excluding steroid dienone is 1. The summed E-state index contributed by atoms with van der Waals surface area (Å²) in [5.41, 5.74) is -0.985. The fourth-order valence-electron chi connectivity index (χ4n) is 12.5. The Morgan fingerprint density at radius 2 is 1.55 bits per heavy atom. The van der Waals surface area contributed by atoms with Gasteiger partial charge in [0.2, 0.25) is 0 Å². The molecule has 0 aromatic heterocycles. The largest absolute Gasteiger partial charge is 0.394 e. The quantitative estimate of drug-likeness (QED) is 0.181. The Balaban J connectivity index is 0.950. The summed E-state index contributed by atoms with van der Waals surface area (Å²) in [6.45, 7) is 9.63. The van der Waals surface area contributed by atoms with Crippen molar-refractivity contribution in [1.29, 1.82) is 0 Å². The maximum atomic E-state index is 12.7. The first-order valence-corrected chi connectivity index (χ1v) is 20.0. The van der Waals surface area contributed by atoms with Gasteiger partial charge in [0.1, 0.15) is 48.3 Å².